The Hall–Kier alpha value is -1.40. The van der Waals surface area contributed by atoms with E-state index in [4.69, 9.17) is 5.11 Å². The van der Waals surface area contributed by atoms with Crippen molar-refractivity contribution in [3.8, 4) is 0 Å². The molecule has 0 spiro atoms. The van der Waals surface area contributed by atoms with Crippen LogP contribution in [0.15, 0.2) is 22.7 Å². The van der Waals surface area contributed by atoms with Crippen LogP contribution in [0.4, 0.5) is 5.69 Å². The van der Waals surface area contributed by atoms with E-state index in [-0.39, 0.29) is 11.5 Å². The average Bonchev–Trinajstić information content (AvgIpc) is 2.28. The van der Waals surface area contributed by atoms with Crippen LogP contribution in [0.1, 0.15) is 16.8 Å². The molecule has 0 radical (unpaired) electrons. The van der Waals surface area contributed by atoms with Crippen LogP contribution in [-0.2, 0) is 4.79 Å². The lowest BCUT2D eigenvalue weighted by Gasteiger charge is -2.07. The highest BCUT2D eigenvalue weighted by Gasteiger charge is 2.08. The molecule has 0 aliphatic carbocycles. The molecule has 1 amide bonds. The van der Waals surface area contributed by atoms with Gasteiger partial charge < -0.3 is 15.7 Å². The van der Waals surface area contributed by atoms with Crippen LogP contribution in [-0.4, -0.2) is 30.6 Å². The van der Waals surface area contributed by atoms with Crippen molar-refractivity contribution in [1.82, 2.24) is 5.32 Å². The number of carbonyl (C=O) groups is 2. The van der Waals surface area contributed by atoms with E-state index in [1.54, 1.807) is 13.1 Å². The van der Waals surface area contributed by atoms with Gasteiger partial charge in [0.1, 0.15) is 0 Å². The van der Waals surface area contributed by atoms with E-state index in [9.17, 15) is 9.59 Å². The fraction of sp³-hybridized carbons (Fsp3) is 0.273. The minimum Gasteiger partial charge on any atom is -0.478 e. The molecule has 0 aliphatic heterocycles. The molecule has 17 heavy (non-hydrogen) atoms. The van der Waals surface area contributed by atoms with Crippen molar-refractivity contribution < 1.29 is 14.7 Å². The summed E-state index contributed by atoms with van der Waals surface area (Å²) in [6, 6.07) is 4.46. The van der Waals surface area contributed by atoms with E-state index in [0.29, 0.717) is 23.1 Å². The van der Waals surface area contributed by atoms with Gasteiger partial charge in [-0.2, -0.15) is 0 Å². The zero-order chi connectivity index (χ0) is 12.8. The zero-order valence-corrected chi connectivity index (χ0v) is 10.9. The van der Waals surface area contributed by atoms with Gasteiger partial charge in [-0.05, 0) is 41.2 Å². The number of carboxylic acids is 1. The van der Waals surface area contributed by atoms with Crippen LogP contribution in [0, 0.1) is 0 Å². The first kappa shape index (κ1) is 13.7. The number of aromatic carboxylic acids is 1. The molecule has 0 atom stereocenters. The van der Waals surface area contributed by atoms with Crippen molar-refractivity contribution in [2.75, 3.05) is 18.9 Å². The van der Waals surface area contributed by atoms with Crippen LogP contribution in [0.3, 0.4) is 0 Å². The normalized spacial score (nSPS) is 10.0. The van der Waals surface area contributed by atoms with E-state index < -0.39 is 5.97 Å². The minimum absolute atomic E-state index is 0.122. The number of hydrogen-bond acceptors (Lipinski definition) is 3. The first-order chi connectivity index (χ1) is 8.04. The molecule has 0 bridgehead atoms. The van der Waals surface area contributed by atoms with E-state index in [1.165, 1.54) is 12.1 Å². The van der Waals surface area contributed by atoms with Gasteiger partial charge >= 0.3 is 5.97 Å². The molecule has 1 rings (SSSR count). The second-order valence-corrected chi connectivity index (χ2v) is 4.26. The summed E-state index contributed by atoms with van der Waals surface area (Å²) in [7, 11) is 1.77. The molecule has 0 aromatic heterocycles. The summed E-state index contributed by atoms with van der Waals surface area (Å²) in [6.45, 7) is 0.594. The van der Waals surface area contributed by atoms with Crippen LogP contribution >= 0.6 is 15.9 Å². The van der Waals surface area contributed by atoms with Gasteiger partial charge in [0.2, 0.25) is 5.91 Å². The summed E-state index contributed by atoms with van der Waals surface area (Å²) in [5.41, 5.74) is 0.737. The second-order valence-electron chi connectivity index (χ2n) is 3.40. The summed E-state index contributed by atoms with van der Waals surface area (Å²) in [5.74, 6) is -1.12. The molecule has 0 unspecified atom stereocenters. The monoisotopic (exact) mass is 300 g/mol. The van der Waals surface area contributed by atoms with Crippen LogP contribution in [0.25, 0.3) is 0 Å². The third-order valence-electron chi connectivity index (χ3n) is 2.09. The highest BCUT2D eigenvalue weighted by molar-refractivity contribution is 9.10. The molecule has 3 N–H and O–H groups in total. The Morgan fingerprint density at radius 1 is 1.41 bits per heavy atom. The fourth-order valence-corrected chi connectivity index (χ4v) is 1.68. The zero-order valence-electron chi connectivity index (χ0n) is 9.29. The predicted molar refractivity (Wildman–Crippen MR) is 68.3 cm³/mol. The first-order valence-electron chi connectivity index (χ1n) is 5.02. The molecule has 0 saturated heterocycles. The predicted octanol–water partition coefficient (Wildman–Crippen LogP) is 1.70. The Morgan fingerprint density at radius 2 is 2.12 bits per heavy atom. The average molecular weight is 301 g/mol. The third-order valence-corrected chi connectivity index (χ3v) is 2.75. The Kier molecular flexibility index (Phi) is 5.11. The quantitative estimate of drug-likeness (QED) is 0.773. The van der Waals surface area contributed by atoms with Gasteiger partial charge in [0.25, 0.3) is 0 Å². The van der Waals surface area contributed by atoms with Crippen molar-refractivity contribution in [2.45, 2.75) is 6.42 Å². The molecular formula is C11H13BrN2O3. The number of carboxylic acid groups (broad SMARTS) is 1. The maximum absolute atomic E-state index is 11.5. The van der Waals surface area contributed by atoms with Crippen molar-refractivity contribution in [3.05, 3.63) is 28.2 Å². The van der Waals surface area contributed by atoms with Crippen LogP contribution in [0.5, 0.6) is 0 Å². The van der Waals surface area contributed by atoms with Gasteiger partial charge in [-0.15, -0.1) is 0 Å². The molecule has 6 heteroatoms. The number of amides is 1. The summed E-state index contributed by atoms with van der Waals surface area (Å²) >= 11 is 3.22. The van der Waals surface area contributed by atoms with Gasteiger partial charge in [0, 0.05) is 17.4 Å². The highest BCUT2D eigenvalue weighted by Crippen LogP contribution is 2.23. The number of carbonyl (C=O) groups excluding carboxylic acids is 1. The summed E-state index contributed by atoms with van der Waals surface area (Å²) in [4.78, 5) is 22.2. The topological polar surface area (TPSA) is 78.4 Å². The molecule has 1 aromatic carbocycles. The maximum Gasteiger partial charge on any atom is 0.335 e. The molecule has 5 nitrogen and oxygen atoms in total. The summed E-state index contributed by atoms with van der Waals surface area (Å²) in [6.07, 6.45) is 0.365. The number of hydrogen-bond donors (Lipinski definition) is 3. The molecule has 0 heterocycles. The van der Waals surface area contributed by atoms with Crippen molar-refractivity contribution in [1.29, 1.82) is 0 Å². The van der Waals surface area contributed by atoms with Gasteiger partial charge in [0.05, 0.1) is 11.3 Å². The lowest BCUT2D eigenvalue weighted by Crippen LogP contribution is -2.19. The third kappa shape index (κ3) is 4.16. The van der Waals surface area contributed by atoms with Crippen LogP contribution < -0.4 is 10.6 Å². The molecular weight excluding hydrogens is 288 g/mol. The van der Waals surface area contributed by atoms with Crippen molar-refractivity contribution in [3.63, 3.8) is 0 Å². The van der Waals surface area contributed by atoms with E-state index in [2.05, 4.69) is 26.6 Å². The smallest absolute Gasteiger partial charge is 0.335 e. The second kappa shape index (κ2) is 6.36. The summed E-state index contributed by atoms with van der Waals surface area (Å²) < 4.78 is 0.551. The number of nitrogens with one attached hydrogen (secondary N) is 2. The first-order valence-corrected chi connectivity index (χ1v) is 5.81. The van der Waals surface area contributed by atoms with Crippen LogP contribution in [0.2, 0.25) is 0 Å². The molecule has 0 fully saturated rings. The lowest BCUT2D eigenvalue weighted by atomic mass is 10.2. The van der Waals surface area contributed by atoms with Gasteiger partial charge in [0.15, 0.2) is 0 Å². The minimum atomic E-state index is -1.00. The molecule has 92 valence electrons. The van der Waals surface area contributed by atoms with Gasteiger partial charge in [-0.25, -0.2) is 4.79 Å². The molecule has 0 saturated carbocycles. The Balaban J connectivity index is 2.72. The fourth-order valence-electron chi connectivity index (χ4n) is 1.20. The van der Waals surface area contributed by atoms with Gasteiger partial charge in [-0.3, -0.25) is 4.79 Å². The number of halogens is 1. The Bertz CT molecular complexity index is 435. The van der Waals surface area contributed by atoms with E-state index in [0.717, 1.165) is 0 Å². The highest BCUT2D eigenvalue weighted by atomic mass is 79.9. The van der Waals surface area contributed by atoms with Crippen molar-refractivity contribution in [2.24, 2.45) is 0 Å². The largest absolute Gasteiger partial charge is 0.478 e. The maximum atomic E-state index is 11.5. The lowest BCUT2D eigenvalue weighted by molar-refractivity contribution is -0.116. The van der Waals surface area contributed by atoms with Crippen molar-refractivity contribution >= 4 is 33.5 Å². The Morgan fingerprint density at radius 3 is 2.65 bits per heavy atom. The Labute approximate surface area is 107 Å². The van der Waals surface area contributed by atoms with Gasteiger partial charge in [-0.1, -0.05) is 0 Å². The SMILES string of the molecule is CNCCC(=O)Nc1ccc(C(=O)O)cc1Br. The molecule has 0 aliphatic rings. The van der Waals surface area contributed by atoms with E-state index >= 15 is 0 Å². The van der Waals surface area contributed by atoms with E-state index in [1.807, 2.05) is 0 Å². The number of anilines is 1. The number of rotatable bonds is 5. The molecule has 1 aromatic rings. The number of benzene rings is 1. The summed E-state index contributed by atoms with van der Waals surface area (Å²) in [5, 5.41) is 14.3. The standard InChI is InChI=1S/C11H13BrN2O3/c1-13-5-4-10(15)14-9-3-2-7(11(16)17)6-8(9)12/h2-3,6,13H,4-5H2,1H3,(H,14,15)(H,16,17).